The van der Waals surface area contributed by atoms with Crippen LogP contribution in [0.2, 0.25) is 0 Å². The molecular weight excluding hydrogens is 386 g/mol. The van der Waals surface area contributed by atoms with Crippen molar-refractivity contribution in [2.45, 2.75) is 31.9 Å². The van der Waals surface area contributed by atoms with E-state index in [0.717, 1.165) is 5.56 Å². The lowest BCUT2D eigenvalue weighted by atomic mass is 9.82. The molecule has 0 saturated carbocycles. The molecule has 2 aromatic rings. The molecule has 3 heterocycles. The van der Waals surface area contributed by atoms with Gasteiger partial charge < -0.3 is 20.4 Å². The highest BCUT2D eigenvalue weighted by atomic mass is 16.4. The Kier molecular flexibility index (Phi) is 5.09. The first kappa shape index (κ1) is 19.8. The van der Waals surface area contributed by atoms with Gasteiger partial charge in [-0.25, -0.2) is 4.79 Å². The summed E-state index contributed by atoms with van der Waals surface area (Å²) in [5.41, 5.74) is 2.68. The number of hydrogen-bond acceptors (Lipinski definition) is 5. The van der Waals surface area contributed by atoms with Gasteiger partial charge in [0, 0.05) is 18.1 Å². The van der Waals surface area contributed by atoms with Crippen molar-refractivity contribution in [2.75, 3.05) is 5.32 Å². The maximum Gasteiger partial charge on any atom is 0.352 e. The maximum absolute atomic E-state index is 12.3. The zero-order valence-electron chi connectivity index (χ0n) is 16.3. The van der Waals surface area contributed by atoms with E-state index >= 15 is 0 Å². The minimum absolute atomic E-state index is 0.0231. The molecule has 2 aliphatic rings. The fourth-order valence-electron chi connectivity index (χ4n) is 4.18. The summed E-state index contributed by atoms with van der Waals surface area (Å²) in [7, 11) is 0. The Hall–Kier alpha value is -3.52. The minimum atomic E-state index is -1.16. The number of amides is 2. The van der Waals surface area contributed by atoms with Gasteiger partial charge in [0.15, 0.2) is 0 Å². The summed E-state index contributed by atoms with van der Waals surface area (Å²) < 4.78 is 0. The molecule has 3 atom stereocenters. The number of nitrogens with one attached hydrogen (secondary N) is 1. The van der Waals surface area contributed by atoms with Gasteiger partial charge in [-0.2, -0.15) is 0 Å². The number of aliphatic carboxylic acids is 1. The molecule has 0 spiro atoms. The summed E-state index contributed by atoms with van der Waals surface area (Å²) in [6.07, 6.45) is 2.91. The number of carboxylic acids is 1. The minimum Gasteiger partial charge on any atom is -0.477 e. The number of hydrogen-bond donors (Lipinski definition) is 3. The van der Waals surface area contributed by atoms with Gasteiger partial charge in [0.2, 0.25) is 11.8 Å². The van der Waals surface area contributed by atoms with Crippen LogP contribution in [0.5, 0.6) is 0 Å². The molecular formula is C22H21N3O5. The van der Waals surface area contributed by atoms with Crippen molar-refractivity contribution in [3.8, 4) is 0 Å². The van der Waals surface area contributed by atoms with Crippen LogP contribution in [0.15, 0.2) is 54.5 Å². The van der Waals surface area contributed by atoms with E-state index < -0.39 is 18.0 Å². The SMILES string of the molecule is C[C@@H](O)[C@H]1C(=O)N2C(C(=O)O)=C(c3ccc(CC(=O)Nc4ccncc4)cc3)C[C@H]12. The average molecular weight is 407 g/mol. The summed E-state index contributed by atoms with van der Waals surface area (Å²) in [6, 6.07) is 10.2. The van der Waals surface area contributed by atoms with Gasteiger partial charge in [-0.3, -0.25) is 14.6 Å². The molecule has 1 aromatic carbocycles. The molecule has 154 valence electrons. The number of carbonyl (C=O) groups is 3. The van der Waals surface area contributed by atoms with Gasteiger partial charge in [0.05, 0.1) is 24.5 Å². The topological polar surface area (TPSA) is 120 Å². The number of carbonyl (C=O) groups excluding carboxylic acids is 2. The summed E-state index contributed by atoms with van der Waals surface area (Å²) in [5, 5.41) is 22.3. The molecule has 4 rings (SSSR count). The van der Waals surface area contributed by atoms with E-state index in [0.29, 0.717) is 23.2 Å². The van der Waals surface area contributed by atoms with E-state index in [1.165, 1.54) is 4.90 Å². The standard InChI is InChI=1S/C22H21N3O5/c1-12(26)19-17-11-16(20(22(29)30)25(17)21(19)28)14-4-2-13(3-5-14)10-18(27)24-15-6-8-23-9-7-15/h2-9,12,17,19,26H,10-11H2,1H3,(H,29,30)(H,23,24,27)/t12-,17-,19-/m1/s1. The first-order valence-corrected chi connectivity index (χ1v) is 9.63. The van der Waals surface area contributed by atoms with E-state index in [9.17, 15) is 24.6 Å². The fraction of sp³-hybridized carbons (Fsp3) is 0.273. The number of rotatable bonds is 6. The Morgan fingerprint density at radius 1 is 1.20 bits per heavy atom. The van der Waals surface area contributed by atoms with Gasteiger partial charge in [-0.15, -0.1) is 0 Å². The van der Waals surface area contributed by atoms with Crippen LogP contribution < -0.4 is 5.32 Å². The number of β-lactam (4-membered cyclic amide) rings is 1. The lowest BCUT2D eigenvalue weighted by molar-refractivity contribution is -0.161. The van der Waals surface area contributed by atoms with Crippen LogP contribution >= 0.6 is 0 Å². The predicted octanol–water partition coefficient (Wildman–Crippen LogP) is 1.67. The van der Waals surface area contributed by atoms with Crippen LogP contribution in [-0.4, -0.2) is 50.0 Å². The molecule has 1 saturated heterocycles. The highest BCUT2D eigenvalue weighted by Gasteiger charge is 2.56. The highest BCUT2D eigenvalue weighted by Crippen LogP contribution is 2.46. The number of fused-ring (bicyclic) bond motifs is 1. The van der Waals surface area contributed by atoms with E-state index in [-0.39, 0.29) is 30.0 Å². The smallest absolute Gasteiger partial charge is 0.352 e. The zero-order chi connectivity index (χ0) is 21.4. The van der Waals surface area contributed by atoms with Crippen LogP contribution in [0, 0.1) is 5.92 Å². The second kappa shape index (κ2) is 7.72. The molecule has 3 N–H and O–H groups in total. The molecule has 0 radical (unpaired) electrons. The second-order valence-corrected chi connectivity index (χ2v) is 7.54. The largest absolute Gasteiger partial charge is 0.477 e. The Morgan fingerprint density at radius 2 is 1.87 bits per heavy atom. The van der Waals surface area contributed by atoms with Gasteiger partial charge in [-0.1, -0.05) is 24.3 Å². The molecule has 1 aromatic heterocycles. The quantitative estimate of drug-likeness (QED) is 0.627. The van der Waals surface area contributed by atoms with Crippen molar-refractivity contribution in [2.24, 2.45) is 5.92 Å². The van der Waals surface area contributed by atoms with Crippen molar-refractivity contribution < 1.29 is 24.6 Å². The Morgan fingerprint density at radius 3 is 2.47 bits per heavy atom. The predicted molar refractivity (Wildman–Crippen MR) is 108 cm³/mol. The van der Waals surface area contributed by atoms with Crippen molar-refractivity contribution in [3.05, 3.63) is 65.6 Å². The third kappa shape index (κ3) is 3.46. The Labute approximate surface area is 172 Å². The number of aromatic nitrogens is 1. The van der Waals surface area contributed by atoms with Crippen LogP contribution in [0.4, 0.5) is 5.69 Å². The molecule has 1 fully saturated rings. The molecule has 8 nitrogen and oxygen atoms in total. The third-order valence-corrected chi connectivity index (χ3v) is 5.56. The van der Waals surface area contributed by atoms with Crippen LogP contribution in [0.25, 0.3) is 5.57 Å². The molecule has 8 heteroatoms. The van der Waals surface area contributed by atoms with Gasteiger partial charge in [0.1, 0.15) is 5.70 Å². The maximum atomic E-state index is 12.3. The monoisotopic (exact) mass is 407 g/mol. The fourth-order valence-corrected chi connectivity index (χ4v) is 4.18. The Bertz CT molecular complexity index is 1030. The normalized spacial score (nSPS) is 21.1. The lowest BCUT2D eigenvalue weighted by Crippen LogP contribution is -2.61. The van der Waals surface area contributed by atoms with Crippen LogP contribution in [0.1, 0.15) is 24.5 Å². The summed E-state index contributed by atoms with van der Waals surface area (Å²) in [6.45, 7) is 1.55. The number of aliphatic hydroxyl groups excluding tert-OH is 1. The molecule has 0 aliphatic carbocycles. The van der Waals surface area contributed by atoms with Gasteiger partial charge in [-0.05, 0) is 42.2 Å². The van der Waals surface area contributed by atoms with E-state index in [1.807, 2.05) is 0 Å². The number of carboxylic acid groups (broad SMARTS) is 1. The first-order chi connectivity index (χ1) is 14.4. The zero-order valence-corrected chi connectivity index (χ0v) is 16.3. The summed E-state index contributed by atoms with van der Waals surface area (Å²) >= 11 is 0. The van der Waals surface area contributed by atoms with E-state index in [4.69, 9.17) is 0 Å². The number of nitrogens with zero attached hydrogens (tertiary/aromatic N) is 2. The Balaban J connectivity index is 1.50. The van der Waals surface area contributed by atoms with Gasteiger partial charge in [0.25, 0.3) is 0 Å². The number of pyridine rings is 1. The molecule has 2 aliphatic heterocycles. The van der Waals surface area contributed by atoms with Crippen molar-refractivity contribution in [1.82, 2.24) is 9.88 Å². The van der Waals surface area contributed by atoms with Crippen molar-refractivity contribution >= 4 is 29.0 Å². The number of benzene rings is 1. The van der Waals surface area contributed by atoms with Crippen LogP contribution in [0.3, 0.4) is 0 Å². The lowest BCUT2D eigenvalue weighted by Gasteiger charge is -2.44. The highest BCUT2D eigenvalue weighted by molar-refractivity contribution is 6.06. The molecule has 0 bridgehead atoms. The third-order valence-electron chi connectivity index (χ3n) is 5.56. The molecule has 2 amide bonds. The number of anilines is 1. The molecule has 30 heavy (non-hydrogen) atoms. The summed E-state index contributed by atoms with van der Waals surface area (Å²) in [4.78, 5) is 41.5. The van der Waals surface area contributed by atoms with E-state index in [1.54, 1.807) is 55.7 Å². The van der Waals surface area contributed by atoms with E-state index in [2.05, 4.69) is 10.3 Å². The van der Waals surface area contributed by atoms with Crippen LogP contribution in [-0.2, 0) is 20.8 Å². The molecule has 0 unspecified atom stereocenters. The van der Waals surface area contributed by atoms with Crippen molar-refractivity contribution in [3.63, 3.8) is 0 Å². The number of aliphatic hydroxyl groups is 1. The first-order valence-electron chi connectivity index (χ1n) is 9.63. The second-order valence-electron chi connectivity index (χ2n) is 7.54. The summed E-state index contributed by atoms with van der Waals surface area (Å²) in [5.74, 6) is -2.26. The van der Waals surface area contributed by atoms with Crippen molar-refractivity contribution in [1.29, 1.82) is 0 Å². The average Bonchev–Trinajstić information content (AvgIpc) is 3.04. The van der Waals surface area contributed by atoms with Gasteiger partial charge >= 0.3 is 5.97 Å².